The standard InChI is InChI=1S/C26H33NO5/c1-16(2)13-27(14-17(3)4)15-22-23(28)10-7-18-11-21(26(29)32-25(18)22)20-9-8-19(30-5)12-24(20)31-6/h7-12,16-17,28H,13-15H2,1-6H3. The van der Waals surface area contributed by atoms with Crippen LogP contribution in [0.1, 0.15) is 33.3 Å². The van der Waals surface area contributed by atoms with Gasteiger partial charge in [0.25, 0.3) is 0 Å². The van der Waals surface area contributed by atoms with Gasteiger partial charge in [-0.3, -0.25) is 4.90 Å². The van der Waals surface area contributed by atoms with E-state index in [9.17, 15) is 9.90 Å². The lowest BCUT2D eigenvalue weighted by Crippen LogP contribution is -2.31. The first-order valence-electron chi connectivity index (χ1n) is 11.0. The minimum atomic E-state index is -0.480. The average Bonchev–Trinajstić information content (AvgIpc) is 2.74. The van der Waals surface area contributed by atoms with Crippen molar-refractivity contribution in [3.63, 3.8) is 0 Å². The fourth-order valence-electron chi connectivity index (χ4n) is 4.05. The largest absolute Gasteiger partial charge is 0.507 e. The Morgan fingerprint density at radius 3 is 2.22 bits per heavy atom. The Hall–Kier alpha value is -2.99. The zero-order valence-corrected chi connectivity index (χ0v) is 19.8. The summed E-state index contributed by atoms with van der Waals surface area (Å²) in [4.78, 5) is 15.3. The molecule has 1 aromatic heterocycles. The second kappa shape index (κ2) is 10.1. The van der Waals surface area contributed by atoms with E-state index in [1.54, 1.807) is 50.6 Å². The number of benzene rings is 2. The highest BCUT2D eigenvalue weighted by Gasteiger charge is 2.19. The van der Waals surface area contributed by atoms with E-state index in [4.69, 9.17) is 13.9 Å². The van der Waals surface area contributed by atoms with E-state index in [0.717, 1.165) is 18.5 Å². The number of methoxy groups -OCH3 is 2. The molecule has 0 unspecified atom stereocenters. The molecule has 0 saturated carbocycles. The highest BCUT2D eigenvalue weighted by atomic mass is 16.5. The van der Waals surface area contributed by atoms with E-state index < -0.39 is 5.63 Å². The van der Waals surface area contributed by atoms with Gasteiger partial charge in [0.15, 0.2) is 0 Å². The summed E-state index contributed by atoms with van der Waals surface area (Å²) in [5, 5.41) is 11.4. The predicted molar refractivity (Wildman–Crippen MR) is 128 cm³/mol. The number of aromatic hydroxyl groups is 1. The molecular weight excluding hydrogens is 406 g/mol. The number of phenolic OH excluding ortho intramolecular Hbond substituents is 1. The lowest BCUT2D eigenvalue weighted by Gasteiger charge is -2.26. The zero-order valence-electron chi connectivity index (χ0n) is 19.8. The topological polar surface area (TPSA) is 72.1 Å². The fraction of sp³-hybridized carbons (Fsp3) is 0.423. The Morgan fingerprint density at radius 2 is 1.62 bits per heavy atom. The molecule has 1 heterocycles. The summed E-state index contributed by atoms with van der Waals surface area (Å²) < 4.78 is 16.5. The van der Waals surface area contributed by atoms with Crippen LogP contribution in [-0.2, 0) is 6.54 Å². The molecule has 0 radical (unpaired) electrons. The molecule has 0 fully saturated rings. The highest BCUT2D eigenvalue weighted by molar-refractivity contribution is 5.86. The summed E-state index contributed by atoms with van der Waals surface area (Å²) in [5.74, 6) is 2.25. The molecule has 1 N–H and O–H groups in total. The molecule has 0 saturated heterocycles. The van der Waals surface area contributed by atoms with Crippen LogP contribution >= 0.6 is 0 Å². The third-order valence-electron chi connectivity index (χ3n) is 5.31. The Bertz CT molecular complexity index is 1120. The third-order valence-corrected chi connectivity index (χ3v) is 5.31. The maximum absolute atomic E-state index is 13.0. The van der Waals surface area contributed by atoms with E-state index in [0.29, 0.717) is 52.2 Å². The molecule has 0 bridgehead atoms. The number of ether oxygens (including phenoxy) is 2. The van der Waals surface area contributed by atoms with E-state index in [2.05, 4.69) is 32.6 Å². The van der Waals surface area contributed by atoms with Crippen molar-refractivity contribution in [1.82, 2.24) is 4.90 Å². The molecule has 6 heteroatoms. The summed E-state index contributed by atoms with van der Waals surface area (Å²) in [6.07, 6.45) is 0. The van der Waals surface area contributed by atoms with Crippen molar-refractivity contribution in [3.05, 3.63) is 52.4 Å². The van der Waals surface area contributed by atoms with Crippen LogP contribution in [0.2, 0.25) is 0 Å². The van der Waals surface area contributed by atoms with Gasteiger partial charge in [-0.2, -0.15) is 0 Å². The van der Waals surface area contributed by atoms with Crippen LogP contribution in [-0.4, -0.2) is 37.3 Å². The molecule has 2 aromatic carbocycles. The molecule has 32 heavy (non-hydrogen) atoms. The normalized spacial score (nSPS) is 11.7. The molecule has 0 aliphatic rings. The Balaban J connectivity index is 2.10. The number of phenols is 1. The number of hydrogen-bond acceptors (Lipinski definition) is 6. The lowest BCUT2D eigenvalue weighted by molar-refractivity contribution is 0.209. The van der Waals surface area contributed by atoms with Crippen LogP contribution in [0.4, 0.5) is 0 Å². The molecular formula is C26H33NO5. The van der Waals surface area contributed by atoms with Gasteiger partial charge in [0, 0.05) is 36.7 Å². The minimum absolute atomic E-state index is 0.132. The monoisotopic (exact) mass is 439 g/mol. The average molecular weight is 440 g/mol. The molecule has 3 rings (SSSR count). The van der Waals surface area contributed by atoms with Crippen molar-refractivity contribution in [3.8, 4) is 28.4 Å². The van der Waals surface area contributed by atoms with Crippen molar-refractivity contribution in [2.24, 2.45) is 11.8 Å². The van der Waals surface area contributed by atoms with Gasteiger partial charge >= 0.3 is 5.63 Å². The lowest BCUT2D eigenvalue weighted by atomic mass is 10.0. The van der Waals surface area contributed by atoms with Gasteiger partial charge in [-0.15, -0.1) is 0 Å². The van der Waals surface area contributed by atoms with Gasteiger partial charge in [0.2, 0.25) is 0 Å². The maximum Gasteiger partial charge on any atom is 0.344 e. The number of nitrogens with zero attached hydrogens (tertiary/aromatic N) is 1. The van der Waals surface area contributed by atoms with E-state index in [1.165, 1.54) is 0 Å². The van der Waals surface area contributed by atoms with Crippen LogP contribution in [0.15, 0.2) is 45.6 Å². The second-order valence-electron chi connectivity index (χ2n) is 8.98. The van der Waals surface area contributed by atoms with Crippen molar-refractivity contribution in [2.75, 3.05) is 27.3 Å². The minimum Gasteiger partial charge on any atom is -0.507 e. The van der Waals surface area contributed by atoms with E-state index in [1.807, 2.05) is 0 Å². The number of rotatable bonds is 9. The molecule has 172 valence electrons. The molecule has 0 aliphatic carbocycles. The SMILES string of the molecule is COc1ccc(-c2cc3ccc(O)c(CN(CC(C)C)CC(C)C)c3oc2=O)c(OC)c1. The van der Waals surface area contributed by atoms with Gasteiger partial charge in [0.05, 0.1) is 25.3 Å². The second-order valence-corrected chi connectivity index (χ2v) is 8.98. The first-order valence-corrected chi connectivity index (χ1v) is 11.0. The number of hydrogen-bond donors (Lipinski definition) is 1. The summed E-state index contributed by atoms with van der Waals surface area (Å²) in [6, 6.07) is 10.5. The zero-order chi connectivity index (χ0) is 23.4. The van der Waals surface area contributed by atoms with Crippen molar-refractivity contribution in [2.45, 2.75) is 34.2 Å². The van der Waals surface area contributed by atoms with Crippen LogP contribution < -0.4 is 15.1 Å². The Kier molecular flexibility index (Phi) is 7.46. The van der Waals surface area contributed by atoms with Crippen molar-refractivity contribution in [1.29, 1.82) is 0 Å². The summed E-state index contributed by atoms with van der Waals surface area (Å²) in [6.45, 7) is 11.0. The van der Waals surface area contributed by atoms with Gasteiger partial charge in [0.1, 0.15) is 22.8 Å². The van der Waals surface area contributed by atoms with E-state index >= 15 is 0 Å². The summed E-state index contributed by atoms with van der Waals surface area (Å²) in [7, 11) is 3.13. The first-order chi connectivity index (χ1) is 15.2. The van der Waals surface area contributed by atoms with Crippen molar-refractivity contribution >= 4 is 11.0 Å². The smallest absolute Gasteiger partial charge is 0.344 e. The third kappa shape index (κ3) is 5.25. The van der Waals surface area contributed by atoms with Crippen LogP contribution in [0.5, 0.6) is 17.2 Å². The first kappa shape index (κ1) is 23.7. The van der Waals surface area contributed by atoms with E-state index in [-0.39, 0.29) is 5.75 Å². The quantitative estimate of drug-likeness (QED) is 0.456. The van der Waals surface area contributed by atoms with Gasteiger partial charge in [-0.25, -0.2) is 4.79 Å². The summed E-state index contributed by atoms with van der Waals surface area (Å²) in [5.41, 5.74) is 1.60. The van der Waals surface area contributed by atoms with Gasteiger partial charge in [-0.1, -0.05) is 27.7 Å². The highest BCUT2D eigenvalue weighted by Crippen LogP contribution is 2.35. The van der Waals surface area contributed by atoms with Crippen LogP contribution in [0, 0.1) is 11.8 Å². The van der Waals surface area contributed by atoms with Crippen LogP contribution in [0.3, 0.4) is 0 Å². The Morgan fingerprint density at radius 1 is 0.938 bits per heavy atom. The number of fused-ring (bicyclic) bond motifs is 1. The van der Waals surface area contributed by atoms with Gasteiger partial charge in [-0.05, 0) is 42.2 Å². The maximum atomic E-state index is 13.0. The molecule has 0 aliphatic heterocycles. The fourth-order valence-corrected chi connectivity index (χ4v) is 4.05. The summed E-state index contributed by atoms with van der Waals surface area (Å²) >= 11 is 0. The Labute approximate surface area is 189 Å². The van der Waals surface area contributed by atoms with Crippen molar-refractivity contribution < 1.29 is 19.0 Å². The molecule has 3 aromatic rings. The molecule has 6 nitrogen and oxygen atoms in total. The van der Waals surface area contributed by atoms with Crippen LogP contribution in [0.25, 0.3) is 22.1 Å². The molecule has 0 amide bonds. The predicted octanol–water partition coefficient (Wildman–Crippen LogP) is 5.30. The molecule has 0 atom stereocenters. The van der Waals surface area contributed by atoms with Gasteiger partial charge < -0.3 is 19.0 Å². The molecule has 0 spiro atoms.